The lowest BCUT2D eigenvalue weighted by molar-refractivity contribution is 0.0282. The molecule has 1 aromatic rings. The third-order valence-corrected chi connectivity index (χ3v) is 3.61. The van der Waals surface area contributed by atoms with Gasteiger partial charge >= 0.3 is 0 Å². The average Bonchev–Trinajstić information content (AvgIpc) is 2.83. The lowest BCUT2D eigenvalue weighted by Gasteiger charge is -2.41. The maximum atomic E-state index is 9.62. The second-order valence-electron chi connectivity index (χ2n) is 5.04. The molecule has 0 saturated carbocycles. The molecule has 1 aliphatic heterocycles. The Kier molecular flexibility index (Phi) is 4.02. The highest BCUT2D eigenvalue weighted by molar-refractivity contribution is 4.99. The van der Waals surface area contributed by atoms with E-state index in [1.807, 2.05) is 18.2 Å². The van der Waals surface area contributed by atoms with Crippen LogP contribution in [0.15, 0.2) is 35.5 Å². The molecule has 0 unspecified atom stereocenters. The summed E-state index contributed by atoms with van der Waals surface area (Å²) in [6, 6.07) is 3.92. The average molecular weight is 235 g/mol. The number of rotatable bonds is 5. The molecule has 2 rings (SSSR count). The predicted octanol–water partition coefficient (Wildman–Crippen LogP) is 2.43. The van der Waals surface area contributed by atoms with Crippen molar-refractivity contribution in [1.29, 1.82) is 0 Å². The molecule has 1 N–H and O–H groups in total. The Morgan fingerprint density at radius 3 is 3.12 bits per heavy atom. The first-order valence-corrected chi connectivity index (χ1v) is 6.24. The summed E-state index contributed by atoms with van der Waals surface area (Å²) in [5.74, 6) is 0.998. The Balaban J connectivity index is 1.98. The highest BCUT2D eigenvalue weighted by Gasteiger charge is 2.33. The number of piperidine rings is 1. The van der Waals surface area contributed by atoms with Gasteiger partial charge in [-0.05, 0) is 37.9 Å². The van der Waals surface area contributed by atoms with Gasteiger partial charge in [-0.15, -0.1) is 6.58 Å². The van der Waals surface area contributed by atoms with Gasteiger partial charge < -0.3 is 9.52 Å². The Bertz CT molecular complexity index is 347. The molecule has 1 fully saturated rings. The molecule has 1 aromatic heterocycles. The van der Waals surface area contributed by atoms with Crippen LogP contribution in [0.3, 0.4) is 0 Å². The zero-order valence-corrected chi connectivity index (χ0v) is 10.3. The van der Waals surface area contributed by atoms with Crippen molar-refractivity contribution < 1.29 is 9.52 Å². The number of aliphatic hydroxyl groups is 1. The third kappa shape index (κ3) is 2.99. The van der Waals surface area contributed by atoms with Crippen LogP contribution < -0.4 is 0 Å². The molecule has 0 aliphatic carbocycles. The smallest absolute Gasteiger partial charge is 0.117 e. The molecule has 1 saturated heterocycles. The molecule has 3 heteroatoms. The number of nitrogens with zero attached hydrogens (tertiary/aromatic N) is 1. The van der Waals surface area contributed by atoms with Crippen molar-refractivity contribution in [3.8, 4) is 0 Å². The van der Waals surface area contributed by atoms with Gasteiger partial charge in [-0.25, -0.2) is 0 Å². The Morgan fingerprint density at radius 2 is 2.47 bits per heavy atom. The summed E-state index contributed by atoms with van der Waals surface area (Å²) in [4.78, 5) is 2.36. The van der Waals surface area contributed by atoms with E-state index in [1.165, 1.54) is 0 Å². The quantitative estimate of drug-likeness (QED) is 0.796. The predicted molar refractivity (Wildman–Crippen MR) is 67.6 cm³/mol. The summed E-state index contributed by atoms with van der Waals surface area (Å²) in [6.45, 7) is 6.89. The van der Waals surface area contributed by atoms with Gasteiger partial charge in [0.25, 0.3) is 0 Å². The van der Waals surface area contributed by atoms with Crippen LogP contribution in [0.4, 0.5) is 0 Å². The van der Waals surface area contributed by atoms with Crippen molar-refractivity contribution in [2.75, 3.05) is 19.7 Å². The van der Waals surface area contributed by atoms with Crippen molar-refractivity contribution in [3.05, 3.63) is 36.8 Å². The van der Waals surface area contributed by atoms with Crippen LogP contribution >= 0.6 is 0 Å². The van der Waals surface area contributed by atoms with E-state index in [-0.39, 0.29) is 12.0 Å². The molecule has 0 bridgehead atoms. The second kappa shape index (κ2) is 5.52. The Hall–Kier alpha value is -1.06. The lowest BCUT2D eigenvalue weighted by Crippen LogP contribution is -2.44. The van der Waals surface area contributed by atoms with Crippen molar-refractivity contribution in [3.63, 3.8) is 0 Å². The summed E-state index contributed by atoms with van der Waals surface area (Å²) in [6.07, 6.45) is 6.74. The van der Waals surface area contributed by atoms with E-state index in [0.717, 1.165) is 44.7 Å². The number of allylic oxidation sites excluding steroid dienone is 1. The van der Waals surface area contributed by atoms with Gasteiger partial charge in [0.15, 0.2) is 0 Å². The van der Waals surface area contributed by atoms with Crippen LogP contribution in [0, 0.1) is 5.41 Å². The molecule has 94 valence electrons. The monoisotopic (exact) mass is 235 g/mol. The van der Waals surface area contributed by atoms with Crippen molar-refractivity contribution in [2.24, 2.45) is 5.41 Å². The lowest BCUT2D eigenvalue weighted by atomic mass is 9.78. The van der Waals surface area contributed by atoms with E-state index in [0.29, 0.717) is 0 Å². The molecule has 0 aromatic carbocycles. The van der Waals surface area contributed by atoms with E-state index >= 15 is 0 Å². The molecule has 3 nitrogen and oxygen atoms in total. The molecular weight excluding hydrogens is 214 g/mol. The third-order valence-electron chi connectivity index (χ3n) is 3.61. The molecule has 0 amide bonds. The summed E-state index contributed by atoms with van der Waals surface area (Å²) >= 11 is 0. The van der Waals surface area contributed by atoms with Gasteiger partial charge in [0, 0.05) is 12.0 Å². The minimum atomic E-state index is 0.00654. The summed E-state index contributed by atoms with van der Waals surface area (Å²) in [7, 11) is 0. The second-order valence-corrected chi connectivity index (χ2v) is 5.04. The highest BCUT2D eigenvalue weighted by atomic mass is 16.3. The molecular formula is C14H21NO2. The van der Waals surface area contributed by atoms with E-state index < -0.39 is 0 Å². The normalized spacial score (nSPS) is 25.9. The highest BCUT2D eigenvalue weighted by Crippen LogP contribution is 2.33. The summed E-state index contributed by atoms with van der Waals surface area (Å²) < 4.78 is 5.37. The van der Waals surface area contributed by atoms with Crippen LogP contribution in [0.2, 0.25) is 0 Å². The zero-order chi connectivity index (χ0) is 12.1. The molecule has 1 atom stereocenters. The standard InChI is InChI=1S/C14H21NO2/c1-2-6-14(12-16)7-4-8-15(11-14)10-13-5-3-9-17-13/h2-3,5,9,16H,1,4,6-8,10-12H2/t14-/m0/s1. The van der Waals surface area contributed by atoms with Gasteiger partial charge in [-0.3, -0.25) is 4.90 Å². The van der Waals surface area contributed by atoms with Crippen LogP contribution in [0.25, 0.3) is 0 Å². The van der Waals surface area contributed by atoms with Crippen molar-refractivity contribution >= 4 is 0 Å². The summed E-state index contributed by atoms with van der Waals surface area (Å²) in [5.41, 5.74) is 0.00654. The first kappa shape index (κ1) is 12.4. The number of hydrogen-bond donors (Lipinski definition) is 1. The molecule has 2 heterocycles. The van der Waals surface area contributed by atoms with Gasteiger partial charge in [0.2, 0.25) is 0 Å². The fourth-order valence-corrected chi connectivity index (χ4v) is 2.73. The number of hydrogen-bond acceptors (Lipinski definition) is 3. The van der Waals surface area contributed by atoms with E-state index in [9.17, 15) is 5.11 Å². The van der Waals surface area contributed by atoms with Crippen molar-refractivity contribution in [1.82, 2.24) is 4.90 Å². The minimum absolute atomic E-state index is 0.00654. The number of likely N-dealkylation sites (tertiary alicyclic amines) is 1. The van der Waals surface area contributed by atoms with Crippen LogP contribution in [-0.2, 0) is 6.54 Å². The number of aliphatic hydroxyl groups excluding tert-OH is 1. The maximum Gasteiger partial charge on any atom is 0.117 e. The summed E-state index contributed by atoms with van der Waals surface area (Å²) in [5, 5.41) is 9.62. The van der Waals surface area contributed by atoms with Gasteiger partial charge in [-0.2, -0.15) is 0 Å². The fraction of sp³-hybridized carbons (Fsp3) is 0.571. The minimum Gasteiger partial charge on any atom is -0.468 e. The molecule has 1 aliphatic rings. The van der Waals surface area contributed by atoms with E-state index in [4.69, 9.17) is 4.42 Å². The zero-order valence-electron chi connectivity index (χ0n) is 10.3. The van der Waals surface area contributed by atoms with Crippen molar-refractivity contribution in [2.45, 2.75) is 25.8 Å². The van der Waals surface area contributed by atoms with Gasteiger partial charge in [0.1, 0.15) is 5.76 Å². The topological polar surface area (TPSA) is 36.6 Å². The first-order valence-electron chi connectivity index (χ1n) is 6.24. The molecule has 0 spiro atoms. The van der Waals surface area contributed by atoms with Gasteiger partial charge in [-0.1, -0.05) is 6.08 Å². The molecule has 0 radical (unpaired) electrons. The van der Waals surface area contributed by atoms with E-state index in [1.54, 1.807) is 6.26 Å². The fourth-order valence-electron chi connectivity index (χ4n) is 2.73. The van der Waals surface area contributed by atoms with Crippen LogP contribution in [0.1, 0.15) is 25.0 Å². The largest absolute Gasteiger partial charge is 0.468 e. The van der Waals surface area contributed by atoms with Gasteiger partial charge in [0.05, 0.1) is 19.4 Å². The SMILES string of the molecule is C=CC[C@]1(CO)CCCN(Cc2ccco2)C1. The Morgan fingerprint density at radius 1 is 1.59 bits per heavy atom. The molecule has 17 heavy (non-hydrogen) atoms. The maximum absolute atomic E-state index is 9.62. The first-order chi connectivity index (χ1) is 8.28. The Labute approximate surface area is 103 Å². The number of furan rings is 1. The van der Waals surface area contributed by atoms with Crippen LogP contribution in [0.5, 0.6) is 0 Å². The van der Waals surface area contributed by atoms with Crippen LogP contribution in [-0.4, -0.2) is 29.7 Å². The van der Waals surface area contributed by atoms with E-state index in [2.05, 4.69) is 11.5 Å².